The molecule has 2 aromatic heterocycles. The summed E-state index contributed by atoms with van der Waals surface area (Å²) >= 11 is 3.25. The minimum absolute atomic E-state index is 0.407. The predicted octanol–water partition coefficient (Wildman–Crippen LogP) is 2.81. The van der Waals surface area contributed by atoms with Crippen molar-refractivity contribution >= 4 is 21.5 Å². The highest BCUT2D eigenvalue weighted by atomic mass is 79.9. The van der Waals surface area contributed by atoms with Crippen molar-refractivity contribution in [3.63, 3.8) is 0 Å². The van der Waals surface area contributed by atoms with Crippen molar-refractivity contribution in [1.82, 2.24) is 15.0 Å². The van der Waals surface area contributed by atoms with Crippen LogP contribution in [0.1, 0.15) is 12.2 Å². The number of likely N-dealkylation sites (N-methyl/N-ethyl adjacent to an activating group) is 1. The van der Waals surface area contributed by atoms with Crippen LogP contribution < -0.4 is 0 Å². The molecular weight excluding hydrogens is 298 g/mol. The topological polar surface area (TPSA) is 55.3 Å². The maximum absolute atomic E-state index is 5.38. The Morgan fingerprint density at radius 3 is 3.00 bits per heavy atom. The van der Waals surface area contributed by atoms with Gasteiger partial charge < -0.3 is 13.8 Å². The van der Waals surface area contributed by atoms with Gasteiger partial charge in [-0.1, -0.05) is 11.2 Å². The Morgan fingerprint density at radius 2 is 2.28 bits per heavy atom. The number of halogens is 1. The molecule has 0 N–H and O–H groups in total. The molecule has 1 aliphatic rings. The quantitative estimate of drug-likeness (QED) is 0.854. The summed E-state index contributed by atoms with van der Waals surface area (Å²) in [5.41, 5.74) is 1.10. The standard InChI is InChI=1S/C12H12BrN3O2/c1-16-6-2-3-8(7-16)11-14-12(18-15-11)9-4-5-10(13)17-9/h3-5H,2,6-7H2,1H3. The molecule has 1 aliphatic heterocycles. The highest BCUT2D eigenvalue weighted by Crippen LogP contribution is 2.25. The molecule has 0 spiro atoms. The minimum Gasteiger partial charge on any atom is -0.444 e. The minimum atomic E-state index is 0.407. The molecule has 0 fully saturated rings. The summed E-state index contributed by atoms with van der Waals surface area (Å²) in [4.78, 5) is 6.60. The lowest BCUT2D eigenvalue weighted by molar-refractivity contribution is 0.369. The van der Waals surface area contributed by atoms with Gasteiger partial charge in [-0.3, -0.25) is 0 Å². The number of hydrogen-bond donors (Lipinski definition) is 0. The molecule has 0 aliphatic carbocycles. The number of nitrogens with zero attached hydrogens (tertiary/aromatic N) is 3. The Morgan fingerprint density at radius 1 is 1.39 bits per heavy atom. The normalized spacial score (nSPS) is 16.9. The van der Waals surface area contributed by atoms with E-state index in [0.717, 1.165) is 25.1 Å². The van der Waals surface area contributed by atoms with E-state index in [1.807, 2.05) is 0 Å². The lowest BCUT2D eigenvalue weighted by Gasteiger charge is -2.20. The van der Waals surface area contributed by atoms with Crippen molar-refractivity contribution in [2.24, 2.45) is 0 Å². The van der Waals surface area contributed by atoms with Crippen LogP contribution in [0.2, 0.25) is 0 Å². The van der Waals surface area contributed by atoms with Crippen LogP contribution in [0, 0.1) is 0 Å². The lowest BCUT2D eigenvalue weighted by atomic mass is 10.1. The van der Waals surface area contributed by atoms with Crippen LogP contribution in [-0.2, 0) is 0 Å². The van der Waals surface area contributed by atoms with Crippen LogP contribution in [-0.4, -0.2) is 35.2 Å². The molecule has 0 aromatic carbocycles. The second-order valence-corrected chi connectivity index (χ2v) is 5.06. The molecule has 0 saturated carbocycles. The molecule has 6 heteroatoms. The lowest BCUT2D eigenvalue weighted by Crippen LogP contribution is -2.25. The third kappa shape index (κ3) is 2.26. The second kappa shape index (κ2) is 4.70. The van der Waals surface area contributed by atoms with Gasteiger partial charge in [0.2, 0.25) is 0 Å². The number of rotatable bonds is 2. The molecule has 0 bridgehead atoms. The summed E-state index contributed by atoms with van der Waals surface area (Å²) in [7, 11) is 2.08. The van der Waals surface area contributed by atoms with E-state index in [-0.39, 0.29) is 0 Å². The van der Waals surface area contributed by atoms with Crippen LogP contribution in [0.4, 0.5) is 0 Å². The van der Waals surface area contributed by atoms with Crippen molar-refractivity contribution < 1.29 is 8.94 Å². The zero-order valence-electron chi connectivity index (χ0n) is 9.89. The van der Waals surface area contributed by atoms with Gasteiger partial charge >= 0.3 is 0 Å². The van der Waals surface area contributed by atoms with Crippen LogP contribution in [0.3, 0.4) is 0 Å². The third-order valence-electron chi connectivity index (χ3n) is 2.84. The second-order valence-electron chi connectivity index (χ2n) is 4.28. The fraction of sp³-hybridized carbons (Fsp3) is 0.333. The Bertz CT molecular complexity index is 588. The van der Waals surface area contributed by atoms with Gasteiger partial charge in [0.05, 0.1) is 0 Å². The Balaban J connectivity index is 1.87. The van der Waals surface area contributed by atoms with Gasteiger partial charge in [0.15, 0.2) is 16.3 Å². The van der Waals surface area contributed by atoms with Gasteiger partial charge in [-0.2, -0.15) is 4.98 Å². The van der Waals surface area contributed by atoms with Crippen LogP contribution in [0.15, 0.2) is 31.8 Å². The maximum Gasteiger partial charge on any atom is 0.293 e. The molecule has 0 saturated heterocycles. The average Bonchev–Trinajstić information content (AvgIpc) is 2.97. The first-order valence-corrected chi connectivity index (χ1v) is 6.49. The first kappa shape index (κ1) is 11.7. The largest absolute Gasteiger partial charge is 0.444 e. The van der Waals surface area contributed by atoms with Crippen LogP contribution in [0.5, 0.6) is 0 Å². The zero-order valence-corrected chi connectivity index (χ0v) is 11.5. The van der Waals surface area contributed by atoms with E-state index in [4.69, 9.17) is 8.94 Å². The molecule has 3 rings (SSSR count). The average molecular weight is 310 g/mol. The Hall–Kier alpha value is -1.40. The Kier molecular flexibility index (Phi) is 3.05. The number of aromatic nitrogens is 2. The molecule has 0 radical (unpaired) electrons. The summed E-state index contributed by atoms with van der Waals surface area (Å²) in [6.07, 6.45) is 3.18. The van der Waals surface area contributed by atoms with Gasteiger partial charge in [-0.05, 0) is 41.5 Å². The van der Waals surface area contributed by atoms with E-state index in [9.17, 15) is 0 Å². The fourth-order valence-corrected chi connectivity index (χ4v) is 2.25. The zero-order chi connectivity index (χ0) is 12.5. The molecular formula is C12H12BrN3O2. The molecule has 3 heterocycles. The van der Waals surface area contributed by atoms with Crippen molar-refractivity contribution in [2.75, 3.05) is 20.1 Å². The van der Waals surface area contributed by atoms with Crippen molar-refractivity contribution in [2.45, 2.75) is 6.42 Å². The van der Waals surface area contributed by atoms with E-state index < -0.39 is 0 Å². The monoisotopic (exact) mass is 309 g/mol. The van der Waals surface area contributed by atoms with Gasteiger partial charge in [0, 0.05) is 18.7 Å². The van der Waals surface area contributed by atoms with E-state index >= 15 is 0 Å². The predicted molar refractivity (Wildman–Crippen MR) is 69.8 cm³/mol. The molecule has 2 aromatic rings. The van der Waals surface area contributed by atoms with Gasteiger partial charge in [-0.25, -0.2) is 0 Å². The van der Waals surface area contributed by atoms with E-state index in [2.05, 4.69) is 44.1 Å². The number of hydrogen-bond acceptors (Lipinski definition) is 5. The molecule has 94 valence electrons. The summed E-state index contributed by atoms with van der Waals surface area (Å²) in [5.74, 6) is 1.62. The Labute approximate surface area is 113 Å². The molecule has 0 unspecified atom stereocenters. The summed E-state index contributed by atoms with van der Waals surface area (Å²) < 4.78 is 11.2. The van der Waals surface area contributed by atoms with Crippen LogP contribution in [0.25, 0.3) is 17.2 Å². The van der Waals surface area contributed by atoms with Crippen molar-refractivity contribution in [3.05, 3.63) is 28.7 Å². The molecule has 5 nitrogen and oxygen atoms in total. The van der Waals surface area contributed by atoms with E-state index in [0.29, 0.717) is 22.1 Å². The first-order chi connectivity index (χ1) is 8.72. The molecule has 18 heavy (non-hydrogen) atoms. The first-order valence-electron chi connectivity index (χ1n) is 5.70. The van der Waals surface area contributed by atoms with Gasteiger partial charge in [0.1, 0.15) is 0 Å². The number of furan rings is 1. The van der Waals surface area contributed by atoms with E-state index in [1.165, 1.54) is 0 Å². The highest BCUT2D eigenvalue weighted by molar-refractivity contribution is 9.10. The maximum atomic E-state index is 5.38. The van der Waals surface area contributed by atoms with Gasteiger partial charge in [0.25, 0.3) is 5.89 Å². The smallest absolute Gasteiger partial charge is 0.293 e. The van der Waals surface area contributed by atoms with Crippen molar-refractivity contribution in [1.29, 1.82) is 0 Å². The fourth-order valence-electron chi connectivity index (χ4n) is 1.94. The summed E-state index contributed by atoms with van der Waals surface area (Å²) in [6.45, 7) is 1.92. The summed E-state index contributed by atoms with van der Waals surface area (Å²) in [5, 5.41) is 4.00. The van der Waals surface area contributed by atoms with E-state index in [1.54, 1.807) is 12.1 Å². The SMILES string of the molecule is CN1CCC=C(c2noc(-c3ccc(Br)o3)n2)C1. The molecule has 0 amide bonds. The van der Waals surface area contributed by atoms with Gasteiger partial charge in [-0.15, -0.1) is 0 Å². The third-order valence-corrected chi connectivity index (χ3v) is 3.27. The summed E-state index contributed by atoms with van der Waals surface area (Å²) in [6, 6.07) is 3.59. The van der Waals surface area contributed by atoms with Crippen LogP contribution >= 0.6 is 15.9 Å². The molecule has 0 atom stereocenters. The van der Waals surface area contributed by atoms with Crippen molar-refractivity contribution in [3.8, 4) is 11.7 Å². The highest BCUT2D eigenvalue weighted by Gasteiger charge is 2.18.